The number of aromatic amines is 1. The highest BCUT2D eigenvalue weighted by Gasteiger charge is 2.25. The topological polar surface area (TPSA) is 85.3 Å². The minimum atomic E-state index is -0.566. The molecule has 18 heavy (non-hydrogen) atoms. The maximum Gasteiger partial charge on any atom is 0.150 e. The number of rotatable bonds is 5. The van der Waals surface area contributed by atoms with E-state index in [2.05, 4.69) is 20.1 Å². The van der Waals surface area contributed by atoms with Crippen LogP contribution < -0.4 is 0 Å². The molecule has 1 aliphatic heterocycles. The summed E-state index contributed by atoms with van der Waals surface area (Å²) in [6.45, 7) is 4.56. The number of H-pyrrole nitrogens is 1. The summed E-state index contributed by atoms with van der Waals surface area (Å²) in [7, 11) is 0. The van der Waals surface area contributed by atoms with Gasteiger partial charge in [-0.1, -0.05) is 6.92 Å². The summed E-state index contributed by atoms with van der Waals surface area (Å²) in [5.74, 6) is 2.00. The molecule has 6 nitrogen and oxygen atoms in total. The van der Waals surface area contributed by atoms with Gasteiger partial charge in [0.15, 0.2) is 0 Å². The summed E-state index contributed by atoms with van der Waals surface area (Å²) >= 11 is 0. The summed E-state index contributed by atoms with van der Waals surface area (Å²) < 4.78 is 0. The van der Waals surface area contributed by atoms with E-state index in [4.69, 9.17) is 5.11 Å². The van der Waals surface area contributed by atoms with Crippen molar-refractivity contribution in [3.8, 4) is 0 Å². The van der Waals surface area contributed by atoms with Gasteiger partial charge in [-0.3, -0.25) is 10.00 Å². The van der Waals surface area contributed by atoms with E-state index in [1.54, 1.807) is 0 Å². The van der Waals surface area contributed by atoms with Crippen molar-refractivity contribution >= 4 is 0 Å². The van der Waals surface area contributed by atoms with Gasteiger partial charge in [-0.05, 0) is 31.8 Å². The van der Waals surface area contributed by atoms with Crippen LogP contribution in [0.2, 0.25) is 0 Å². The highest BCUT2D eigenvalue weighted by molar-refractivity contribution is 4.90. The zero-order valence-electron chi connectivity index (χ0n) is 10.8. The molecule has 0 bridgehead atoms. The quantitative estimate of drug-likeness (QED) is 0.685. The average Bonchev–Trinajstić information content (AvgIpc) is 2.86. The minimum absolute atomic E-state index is 0.132. The Morgan fingerprint density at radius 1 is 1.44 bits per heavy atom. The second-order valence-electron chi connectivity index (χ2n) is 4.92. The molecule has 0 saturated carbocycles. The molecule has 3 N–H and O–H groups in total. The first kappa shape index (κ1) is 13.5. The lowest BCUT2D eigenvalue weighted by atomic mass is 9.91. The van der Waals surface area contributed by atoms with Crippen molar-refractivity contribution in [2.45, 2.75) is 38.8 Å². The summed E-state index contributed by atoms with van der Waals surface area (Å²) in [4.78, 5) is 6.70. The lowest BCUT2D eigenvalue weighted by Gasteiger charge is -2.33. The molecule has 0 spiro atoms. The number of aliphatic hydroxyl groups excluding tert-OH is 2. The third-order valence-electron chi connectivity index (χ3n) is 3.63. The molecule has 6 heteroatoms. The maximum absolute atomic E-state index is 9.60. The predicted octanol–water partition coefficient (Wildman–Crippen LogP) is -0.0677. The number of aromatic nitrogens is 3. The van der Waals surface area contributed by atoms with E-state index in [-0.39, 0.29) is 12.5 Å². The molecule has 0 aliphatic carbocycles. The van der Waals surface area contributed by atoms with Crippen LogP contribution in [0.1, 0.15) is 31.4 Å². The molecular weight excluding hydrogens is 232 g/mol. The van der Waals surface area contributed by atoms with Crippen molar-refractivity contribution in [2.24, 2.45) is 5.92 Å². The van der Waals surface area contributed by atoms with Gasteiger partial charge in [0.1, 0.15) is 11.6 Å². The van der Waals surface area contributed by atoms with Gasteiger partial charge in [0, 0.05) is 6.42 Å². The van der Waals surface area contributed by atoms with Crippen molar-refractivity contribution in [3.05, 3.63) is 11.6 Å². The normalized spacial score (nSPS) is 20.2. The minimum Gasteiger partial charge on any atom is -0.394 e. The highest BCUT2D eigenvalue weighted by Crippen LogP contribution is 2.21. The fraction of sp³-hybridized carbons (Fsp3) is 0.833. The number of nitrogens with one attached hydrogen (secondary N) is 1. The van der Waals surface area contributed by atoms with E-state index in [0.717, 1.165) is 50.5 Å². The number of piperidine rings is 1. The molecule has 1 aromatic heterocycles. The van der Waals surface area contributed by atoms with Crippen LogP contribution in [0.5, 0.6) is 0 Å². The van der Waals surface area contributed by atoms with Crippen LogP contribution in [0, 0.1) is 5.92 Å². The summed E-state index contributed by atoms with van der Waals surface area (Å²) in [6, 6.07) is 0. The fourth-order valence-electron chi connectivity index (χ4n) is 2.42. The molecule has 1 unspecified atom stereocenters. The number of aryl methyl sites for hydroxylation is 1. The fourth-order valence-corrected chi connectivity index (χ4v) is 2.42. The number of hydrogen-bond donors (Lipinski definition) is 3. The van der Waals surface area contributed by atoms with Crippen LogP contribution in [0.15, 0.2) is 0 Å². The van der Waals surface area contributed by atoms with E-state index in [1.165, 1.54) is 0 Å². The van der Waals surface area contributed by atoms with E-state index >= 15 is 0 Å². The van der Waals surface area contributed by atoms with E-state index in [0.29, 0.717) is 0 Å². The predicted molar refractivity (Wildman–Crippen MR) is 66.9 cm³/mol. The van der Waals surface area contributed by atoms with Crippen LogP contribution in [0.4, 0.5) is 0 Å². The molecule has 102 valence electrons. The number of nitrogens with zero attached hydrogens (tertiary/aromatic N) is 3. The van der Waals surface area contributed by atoms with Gasteiger partial charge >= 0.3 is 0 Å². The molecule has 0 radical (unpaired) electrons. The zero-order chi connectivity index (χ0) is 13.0. The SMILES string of the molecule is CCc1n[nH]c(CN2CCC(C(O)CO)CC2)n1. The molecule has 0 aromatic carbocycles. The first-order valence-electron chi connectivity index (χ1n) is 6.64. The van der Waals surface area contributed by atoms with Gasteiger partial charge in [0.25, 0.3) is 0 Å². The van der Waals surface area contributed by atoms with Crippen molar-refractivity contribution < 1.29 is 10.2 Å². The van der Waals surface area contributed by atoms with Gasteiger partial charge in [0.2, 0.25) is 0 Å². The number of aliphatic hydroxyl groups is 2. The van der Waals surface area contributed by atoms with Crippen LogP contribution >= 0.6 is 0 Å². The van der Waals surface area contributed by atoms with Crippen LogP contribution in [-0.2, 0) is 13.0 Å². The van der Waals surface area contributed by atoms with E-state index in [9.17, 15) is 5.11 Å². The van der Waals surface area contributed by atoms with Gasteiger partial charge < -0.3 is 10.2 Å². The lowest BCUT2D eigenvalue weighted by molar-refractivity contribution is 0.0168. The first-order chi connectivity index (χ1) is 8.72. The summed E-state index contributed by atoms with van der Waals surface area (Å²) in [6.07, 6.45) is 2.14. The molecule has 1 aliphatic rings. The summed E-state index contributed by atoms with van der Waals surface area (Å²) in [5, 5.41) is 25.6. The highest BCUT2D eigenvalue weighted by atomic mass is 16.3. The molecular formula is C12H22N4O2. The largest absolute Gasteiger partial charge is 0.394 e. The van der Waals surface area contributed by atoms with Gasteiger partial charge in [-0.15, -0.1) is 0 Å². The van der Waals surface area contributed by atoms with Crippen molar-refractivity contribution in [1.82, 2.24) is 20.1 Å². The first-order valence-corrected chi connectivity index (χ1v) is 6.64. The zero-order valence-corrected chi connectivity index (χ0v) is 10.8. The molecule has 2 rings (SSSR count). The molecule has 1 atom stereocenters. The van der Waals surface area contributed by atoms with Crippen molar-refractivity contribution in [1.29, 1.82) is 0 Å². The Labute approximate surface area is 107 Å². The Kier molecular flexibility index (Phi) is 4.68. The third kappa shape index (κ3) is 3.28. The van der Waals surface area contributed by atoms with Crippen molar-refractivity contribution in [3.63, 3.8) is 0 Å². The van der Waals surface area contributed by atoms with E-state index < -0.39 is 6.10 Å². The third-order valence-corrected chi connectivity index (χ3v) is 3.63. The maximum atomic E-state index is 9.60. The number of hydrogen-bond acceptors (Lipinski definition) is 5. The Bertz CT molecular complexity index is 361. The van der Waals surface area contributed by atoms with Gasteiger partial charge in [0.05, 0.1) is 19.3 Å². The molecule has 2 heterocycles. The average molecular weight is 254 g/mol. The Morgan fingerprint density at radius 3 is 2.72 bits per heavy atom. The Morgan fingerprint density at radius 2 is 2.17 bits per heavy atom. The van der Waals surface area contributed by atoms with Crippen molar-refractivity contribution in [2.75, 3.05) is 19.7 Å². The smallest absolute Gasteiger partial charge is 0.150 e. The van der Waals surface area contributed by atoms with Gasteiger partial charge in [-0.2, -0.15) is 5.10 Å². The molecule has 0 amide bonds. The van der Waals surface area contributed by atoms with Crippen LogP contribution in [0.25, 0.3) is 0 Å². The Hall–Kier alpha value is -0.980. The molecule has 1 saturated heterocycles. The second-order valence-corrected chi connectivity index (χ2v) is 4.92. The Balaban J connectivity index is 1.79. The number of likely N-dealkylation sites (tertiary alicyclic amines) is 1. The molecule has 1 aromatic rings. The van der Waals surface area contributed by atoms with Gasteiger partial charge in [-0.25, -0.2) is 4.98 Å². The standard InChI is InChI=1S/C12H22N4O2/c1-2-11-13-12(15-14-11)7-16-5-3-9(4-6-16)10(18)8-17/h9-10,17-18H,2-8H2,1H3,(H,13,14,15). The van der Waals surface area contributed by atoms with E-state index in [1.807, 2.05) is 6.92 Å². The lowest BCUT2D eigenvalue weighted by Crippen LogP contribution is -2.38. The summed E-state index contributed by atoms with van der Waals surface area (Å²) in [5.41, 5.74) is 0. The monoisotopic (exact) mass is 254 g/mol. The van der Waals surface area contributed by atoms with Crippen LogP contribution in [-0.4, -0.2) is 56.1 Å². The van der Waals surface area contributed by atoms with Crippen LogP contribution in [0.3, 0.4) is 0 Å². The second kappa shape index (κ2) is 6.26. The molecule has 1 fully saturated rings.